The molecule has 1 saturated heterocycles. The van der Waals surface area contributed by atoms with Gasteiger partial charge in [-0.1, -0.05) is 31.2 Å². The lowest BCUT2D eigenvalue weighted by atomic mass is 9.76. The molecule has 0 radical (unpaired) electrons. The van der Waals surface area contributed by atoms with Gasteiger partial charge in [0.1, 0.15) is 6.73 Å². The van der Waals surface area contributed by atoms with Crippen LogP contribution in [0.2, 0.25) is 30.7 Å². The highest BCUT2D eigenvalue weighted by Gasteiger charge is 2.52. The van der Waals surface area contributed by atoms with E-state index in [-0.39, 0.29) is 25.5 Å². The van der Waals surface area contributed by atoms with Crippen molar-refractivity contribution in [2.45, 2.75) is 50.2 Å². The first-order valence-corrected chi connectivity index (χ1v) is 13.7. The number of nitrogens with zero attached hydrogens (tertiary/aromatic N) is 2. The molecule has 0 saturated carbocycles. The number of hydrogen-bond acceptors (Lipinski definition) is 5. The van der Waals surface area contributed by atoms with Crippen LogP contribution in [0, 0.1) is 11.3 Å². The predicted molar refractivity (Wildman–Crippen MR) is 110 cm³/mol. The smallest absolute Gasteiger partial charge is 0.240 e. The highest BCUT2D eigenvalue weighted by molar-refractivity contribution is 6.76. The molecule has 1 amide bonds. The standard InChI is InChI=1S/C20H27ClN2O4Si/c1-28(2,3)11-10-25-14-23-17-5-4-15(21)12-16(17)20(6-7-22,19(23)24)13-18-26-8-9-27-18/h4-5,12,18H,6,8-11,13-14H2,1-3H3. The SMILES string of the molecule is C[Si](C)(C)CCOCN1C(=O)C(CC#N)(CC2OCCO2)c2cc(Cl)ccc21. The summed E-state index contributed by atoms with van der Waals surface area (Å²) in [6.07, 6.45) is -0.178. The number of nitriles is 1. The number of benzene rings is 1. The molecular formula is C20H27ClN2O4Si. The van der Waals surface area contributed by atoms with Gasteiger partial charge in [0.05, 0.1) is 36.8 Å². The molecule has 0 spiro atoms. The Balaban J connectivity index is 1.87. The second-order valence-corrected chi connectivity index (χ2v) is 14.6. The molecule has 152 valence electrons. The van der Waals surface area contributed by atoms with E-state index in [1.807, 2.05) is 6.07 Å². The number of fused-ring (bicyclic) bond motifs is 1. The Labute approximate surface area is 172 Å². The zero-order valence-electron chi connectivity index (χ0n) is 16.7. The maximum atomic E-state index is 13.5. The summed E-state index contributed by atoms with van der Waals surface area (Å²) in [4.78, 5) is 15.1. The maximum absolute atomic E-state index is 13.5. The van der Waals surface area contributed by atoms with Crippen LogP contribution in [0.3, 0.4) is 0 Å². The van der Waals surface area contributed by atoms with E-state index in [1.165, 1.54) is 0 Å². The number of ether oxygens (including phenoxy) is 3. The zero-order chi connectivity index (χ0) is 20.4. The largest absolute Gasteiger partial charge is 0.361 e. The van der Waals surface area contributed by atoms with Crippen molar-refractivity contribution < 1.29 is 19.0 Å². The van der Waals surface area contributed by atoms with E-state index in [1.54, 1.807) is 17.0 Å². The van der Waals surface area contributed by atoms with Gasteiger partial charge in [-0.2, -0.15) is 5.26 Å². The van der Waals surface area contributed by atoms with Crippen LogP contribution in [-0.2, 0) is 24.4 Å². The molecule has 1 aromatic rings. The summed E-state index contributed by atoms with van der Waals surface area (Å²) >= 11 is 6.24. The molecule has 2 aliphatic heterocycles. The molecule has 8 heteroatoms. The Morgan fingerprint density at radius 1 is 1.36 bits per heavy atom. The minimum atomic E-state index is -1.22. The van der Waals surface area contributed by atoms with Gasteiger partial charge in [-0.25, -0.2) is 0 Å². The van der Waals surface area contributed by atoms with Crippen LogP contribution in [0.5, 0.6) is 0 Å². The van der Waals surface area contributed by atoms with Crippen LogP contribution in [0.4, 0.5) is 5.69 Å². The lowest BCUT2D eigenvalue weighted by Crippen LogP contribution is -2.43. The second kappa shape index (κ2) is 8.52. The van der Waals surface area contributed by atoms with Crippen molar-refractivity contribution in [2.75, 3.05) is 31.5 Å². The Morgan fingerprint density at radius 3 is 2.71 bits per heavy atom. The Bertz CT molecular complexity index is 770. The van der Waals surface area contributed by atoms with E-state index in [4.69, 9.17) is 25.8 Å². The fourth-order valence-corrected chi connectivity index (χ4v) is 4.59. The monoisotopic (exact) mass is 422 g/mol. The topological polar surface area (TPSA) is 71.8 Å². The molecule has 2 aliphatic rings. The van der Waals surface area contributed by atoms with Crippen molar-refractivity contribution in [3.63, 3.8) is 0 Å². The van der Waals surface area contributed by atoms with Crippen LogP contribution < -0.4 is 4.90 Å². The number of hydrogen-bond donors (Lipinski definition) is 0. The van der Waals surface area contributed by atoms with Crippen LogP contribution >= 0.6 is 11.6 Å². The van der Waals surface area contributed by atoms with E-state index < -0.39 is 19.8 Å². The van der Waals surface area contributed by atoms with Crippen molar-refractivity contribution in [1.29, 1.82) is 5.26 Å². The van der Waals surface area contributed by atoms with Gasteiger partial charge in [0.25, 0.3) is 0 Å². The van der Waals surface area contributed by atoms with E-state index in [0.717, 1.165) is 17.3 Å². The van der Waals surface area contributed by atoms with Gasteiger partial charge in [0.15, 0.2) is 6.29 Å². The van der Waals surface area contributed by atoms with Gasteiger partial charge in [0, 0.05) is 26.1 Å². The number of anilines is 1. The number of amides is 1. The third-order valence-electron chi connectivity index (χ3n) is 5.22. The average molecular weight is 423 g/mol. The Morgan fingerprint density at radius 2 is 2.07 bits per heavy atom. The normalized spacial score (nSPS) is 22.5. The summed E-state index contributed by atoms with van der Waals surface area (Å²) in [5.74, 6) is -0.154. The van der Waals surface area contributed by atoms with Gasteiger partial charge < -0.3 is 14.2 Å². The van der Waals surface area contributed by atoms with Gasteiger partial charge in [0.2, 0.25) is 5.91 Å². The molecule has 1 unspecified atom stereocenters. The summed E-state index contributed by atoms with van der Waals surface area (Å²) in [5, 5.41) is 10.0. The summed E-state index contributed by atoms with van der Waals surface area (Å²) in [7, 11) is -1.22. The zero-order valence-corrected chi connectivity index (χ0v) is 18.4. The molecule has 3 rings (SSSR count). The molecule has 0 aromatic heterocycles. The summed E-state index contributed by atoms with van der Waals surface area (Å²) in [5.41, 5.74) is 0.460. The van der Waals surface area contributed by atoms with Crippen molar-refractivity contribution in [3.05, 3.63) is 28.8 Å². The molecule has 1 aromatic carbocycles. The van der Waals surface area contributed by atoms with Gasteiger partial charge in [-0.15, -0.1) is 0 Å². The molecule has 6 nitrogen and oxygen atoms in total. The predicted octanol–water partition coefficient (Wildman–Crippen LogP) is 3.91. The van der Waals surface area contributed by atoms with Gasteiger partial charge in [-0.3, -0.25) is 9.69 Å². The fourth-order valence-electron chi connectivity index (χ4n) is 3.66. The number of carbonyl (C=O) groups is 1. The highest BCUT2D eigenvalue weighted by atomic mass is 35.5. The van der Waals surface area contributed by atoms with Crippen molar-refractivity contribution in [1.82, 2.24) is 0 Å². The molecule has 1 fully saturated rings. The van der Waals surface area contributed by atoms with Crippen LogP contribution in [0.25, 0.3) is 0 Å². The Hall–Kier alpha value is -1.43. The van der Waals surface area contributed by atoms with Gasteiger partial charge in [-0.05, 0) is 29.8 Å². The molecule has 0 N–H and O–H groups in total. The molecule has 0 aliphatic carbocycles. The number of rotatable bonds is 8. The van der Waals surface area contributed by atoms with Crippen LogP contribution in [0.1, 0.15) is 18.4 Å². The lowest BCUT2D eigenvalue weighted by Gasteiger charge is -2.28. The van der Waals surface area contributed by atoms with Crippen molar-refractivity contribution >= 4 is 31.3 Å². The quantitative estimate of drug-likeness (QED) is 0.469. The van der Waals surface area contributed by atoms with Crippen molar-refractivity contribution in [3.8, 4) is 6.07 Å². The first-order valence-electron chi connectivity index (χ1n) is 9.57. The van der Waals surface area contributed by atoms with E-state index in [0.29, 0.717) is 24.8 Å². The molecular weight excluding hydrogens is 396 g/mol. The van der Waals surface area contributed by atoms with Crippen LogP contribution in [0.15, 0.2) is 18.2 Å². The maximum Gasteiger partial charge on any atom is 0.240 e. The average Bonchev–Trinajstić information content (AvgIpc) is 3.19. The van der Waals surface area contributed by atoms with E-state index >= 15 is 0 Å². The number of halogens is 1. The van der Waals surface area contributed by atoms with Crippen LogP contribution in [-0.4, -0.2) is 46.8 Å². The summed E-state index contributed by atoms with van der Waals surface area (Å²) in [6, 6.07) is 8.57. The third-order valence-corrected chi connectivity index (χ3v) is 7.16. The van der Waals surface area contributed by atoms with Gasteiger partial charge >= 0.3 is 0 Å². The first kappa shape index (κ1) is 21.3. The molecule has 28 heavy (non-hydrogen) atoms. The molecule has 0 bridgehead atoms. The first-order chi connectivity index (χ1) is 13.3. The number of carbonyl (C=O) groups excluding carboxylic acids is 1. The minimum absolute atomic E-state index is 0.0355. The van der Waals surface area contributed by atoms with E-state index in [9.17, 15) is 10.1 Å². The third kappa shape index (κ3) is 4.42. The Kier molecular flexibility index (Phi) is 6.47. The van der Waals surface area contributed by atoms with E-state index in [2.05, 4.69) is 25.7 Å². The summed E-state index contributed by atoms with van der Waals surface area (Å²) < 4.78 is 17.0. The highest BCUT2D eigenvalue weighted by Crippen LogP contribution is 2.48. The molecule has 2 heterocycles. The summed E-state index contributed by atoms with van der Waals surface area (Å²) in [6.45, 7) is 8.62. The molecule has 1 atom stereocenters. The minimum Gasteiger partial charge on any atom is -0.361 e. The second-order valence-electron chi connectivity index (χ2n) is 8.53. The lowest BCUT2D eigenvalue weighted by molar-refractivity contribution is -0.129. The fraction of sp³-hybridized carbons (Fsp3) is 0.600. The van der Waals surface area contributed by atoms with Crippen molar-refractivity contribution in [2.24, 2.45) is 0 Å².